The number of rotatable bonds is 3. The second kappa shape index (κ2) is 5.33. The zero-order valence-corrected chi connectivity index (χ0v) is 13.2. The molecular formula is C13H17N3O5S. The normalized spacial score (nSPS) is 17.1. The highest BCUT2D eigenvalue weighted by Crippen LogP contribution is 2.26. The number of oxazole rings is 1. The number of hydrogen-bond donors (Lipinski definition) is 0. The van der Waals surface area contributed by atoms with Gasteiger partial charge in [-0.3, -0.25) is 4.28 Å². The maximum absolute atomic E-state index is 11.9. The number of benzene rings is 1. The Morgan fingerprint density at radius 2 is 1.86 bits per heavy atom. The van der Waals surface area contributed by atoms with Gasteiger partial charge in [-0.2, -0.15) is 8.42 Å². The smallest absolute Gasteiger partial charge is 0.403 e. The van der Waals surface area contributed by atoms with Gasteiger partial charge in [0.1, 0.15) is 5.52 Å². The van der Waals surface area contributed by atoms with Crippen LogP contribution in [0.4, 0.5) is 5.69 Å². The monoisotopic (exact) mass is 327 g/mol. The first-order chi connectivity index (χ1) is 10.3. The molecule has 1 aromatic carbocycles. The standard InChI is InChI=1S/C13H17N3O5S/c1-14-6-8-15(9-7-14)10-4-3-5-11-12(10)20-13(17)16(11)21-22(2,18)19/h3-5H,6-9H2,1-2H3. The third kappa shape index (κ3) is 2.81. The quantitative estimate of drug-likeness (QED) is 0.767. The van der Waals surface area contributed by atoms with Crippen LogP contribution in [0, 0.1) is 0 Å². The Bertz CT molecular complexity index is 846. The number of para-hydroxylation sites is 1. The van der Waals surface area contributed by atoms with Crippen LogP contribution in [0.1, 0.15) is 0 Å². The van der Waals surface area contributed by atoms with Gasteiger partial charge in [0.25, 0.3) is 0 Å². The molecule has 1 aliphatic rings. The number of fused-ring (bicyclic) bond motifs is 1. The van der Waals surface area contributed by atoms with Crippen LogP contribution >= 0.6 is 0 Å². The van der Waals surface area contributed by atoms with E-state index in [0.29, 0.717) is 15.8 Å². The van der Waals surface area contributed by atoms with Crippen molar-refractivity contribution in [2.45, 2.75) is 0 Å². The maximum atomic E-state index is 11.9. The van der Waals surface area contributed by atoms with Crippen LogP contribution in [0.3, 0.4) is 0 Å². The Morgan fingerprint density at radius 3 is 2.50 bits per heavy atom. The molecule has 9 heteroatoms. The third-order valence-electron chi connectivity index (χ3n) is 3.60. The lowest BCUT2D eigenvalue weighted by molar-refractivity contribution is 0.261. The minimum Gasteiger partial charge on any atom is -0.403 e. The van der Waals surface area contributed by atoms with E-state index in [1.807, 2.05) is 6.07 Å². The van der Waals surface area contributed by atoms with E-state index in [9.17, 15) is 13.2 Å². The fourth-order valence-electron chi connectivity index (χ4n) is 2.51. The van der Waals surface area contributed by atoms with E-state index < -0.39 is 15.9 Å². The van der Waals surface area contributed by atoms with Crippen LogP contribution in [0.25, 0.3) is 11.1 Å². The molecule has 0 spiro atoms. The molecule has 1 aliphatic heterocycles. The third-order valence-corrected chi connectivity index (χ3v) is 4.02. The molecule has 2 aromatic rings. The van der Waals surface area contributed by atoms with Gasteiger partial charge in [0.2, 0.25) is 0 Å². The van der Waals surface area contributed by atoms with Gasteiger partial charge in [-0.15, -0.1) is 0 Å². The van der Waals surface area contributed by atoms with Crippen molar-refractivity contribution in [2.75, 3.05) is 44.4 Å². The number of hydrogen-bond acceptors (Lipinski definition) is 7. The van der Waals surface area contributed by atoms with Crippen LogP contribution in [0.5, 0.6) is 0 Å². The van der Waals surface area contributed by atoms with Gasteiger partial charge in [-0.1, -0.05) is 10.8 Å². The van der Waals surface area contributed by atoms with E-state index in [0.717, 1.165) is 38.1 Å². The molecule has 0 amide bonds. The maximum Gasteiger partial charge on any atom is 0.454 e. The average molecular weight is 327 g/mol. The number of likely N-dealkylation sites (N-methyl/N-ethyl adjacent to an activating group) is 1. The molecule has 0 saturated carbocycles. The molecule has 3 rings (SSSR count). The van der Waals surface area contributed by atoms with Crippen molar-refractivity contribution < 1.29 is 17.1 Å². The van der Waals surface area contributed by atoms with Gasteiger partial charge in [-0.05, 0) is 19.2 Å². The van der Waals surface area contributed by atoms with Crippen molar-refractivity contribution in [1.82, 2.24) is 9.63 Å². The highest BCUT2D eigenvalue weighted by molar-refractivity contribution is 7.86. The summed E-state index contributed by atoms with van der Waals surface area (Å²) in [6.07, 6.45) is 0.878. The highest BCUT2D eigenvalue weighted by Gasteiger charge is 2.22. The minimum absolute atomic E-state index is 0.298. The molecule has 22 heavy (non-hydrogen) atoms. The first kappa shape index (κ1) is 14.9. The van der Waals surface area contributed by atoms with E-state index >= 15 is 0 Å². The second-order valence-electron chi connectivity index (χ2n) is 5.36. The van der Waals surface area contributed by atoms with E-state index in [-0.39, 0.29) is 0 Å². The molecule has 0 aliphatic carbocycles. The van der Waals surface area contributed by atoms with Crippen molar-refractivity contribution in [1.29, 1.82) is 0 Å². The first-order valence-corrected chi connectivity index (χ1v) is 8.65. The lowest BCUT2D eigenvalue weighted by Crippen LogP contribution is -2.44. The molecule has 0 atom stereocenters. The zero-order chi connectivity index (χ0) is 15.9. The lowest BCUT2D eigenvalue weighted by atomic mass is 10.2. The molecular weight excluding hydrogens is 310 g/mol. The molecule has 8 nitrogen and oxygen atoms in total. The Morgan fingerprint density at radius 1 is 1.18 bits per heavy atom. The number of piperazine rings is 1. The highest BCUT2D eigenvalue weighted by atomic mass is 32.2. The topological polar surface area (TPSA) is 85.0 Å². The molecule has 0 unspecified atom stereocenters. The van der Waals surface area contributed by atoms with E-state index in [4.69, 9.17) is 8.70 Å². The fourth-order valence-corrected chi connectivity index (χ4v) is 2.92. The number of anilines is 1. The predicted molar refractivity (Wildman–Crippen MR) is 81.6 cm³/mol. The predicted octanol–water partition coefficient (Wildman–Crippen LogP) is -0.266. The molecule has 0 bridgehead atoms. The number of nitrogens with zero attached hydrogens (tertiary/aromatic N) is 3. The summed E-state index contributed by atoms with van der Waals surface area (Å²) in [5.41, 5.74) is 1.39. The summed E-state index contributed by atoms with van der Waals surface area (Å²) in [5.74, 6) is -0.859. The van der Waals surface area contributed by atoms with Gasteiger partial charge in [-0.25, -0.2) is 4.79 Å². The Labute approximate surface area is 127 Å². The summed E-state index contributed by atoms with van der Waals surface area (Å²) in [6, 6.07) is 5.18. The van der Waals surface area contributed by atoms with Crippen molar-refractivity contribution in [3.05, 3.63) is 28.7 Å². The summed E-state index contributed by atoms with van der Waals surface area (Å²) in [4.78, 5) is 16.2. The van der Waals surface area contributed by atoms with Crippen LogP contribution in [-0.4, -0.2) is 57.5 Å². The Kier molecular flexibility index (Phi) is 3.61. The van der Waals surface area contributed by atoms with Crippen molar-refractivity contribution in [2.24, 2.45) is 0 Å². The minimum atomic E-state index is -3.82. The van der Waals surface area contributed by atoms with Gasteiger partial charge >= 0.3 is 15.9 Å². The molecule has 2 heterocycles. The van der Waals surface area contributed by atoms with E-state index in [1.54, 1.807) is 12.1 Å². The molecule has 1 aromatic heterocycles. The second-order valence-corrected chi connectivity index (χ2v) is 6.91. The van der Waals surface area contributed by atoms with E-state index in [2.05, 4.69) is 16.8 Å². The summed E-state index contributed by atoms with van der Waals surface area (Å²) < 4.78 is 33.1. The fraction of sp³-hybridized carbons (Fsp3) is 0.462. The summed E-state index contributed by atoms with van der Waals surface area (Å²) in [6.45, 7) is 3.41. The molecule has 0 radical (unpaired) electrons. The van der Waals surface area contributed by atoms with Crippen LogP contribution in [-0.2, 0) is 10.1 Å². The molecule has 120 valence electrons. The SMILES string of the molecule is CN1CCN(c2cccc3c2oc(=O)n3OS(C)(=O)=O)CC1. The molecule has 0 N–H and O–H groups in total. The average Bonchev–Trinajstić information content (AvgIpc) is 2.75. The summed E-state index contributed by atoms with van der Waals surface area (Å²) in [7, 11) is -1.77. The Hall–Kier alpha value is -2.00. The Balaban J connectivity index is 2.07. The zero-order valence-electron chi connectivity index (χ0n) is 12.4. The van der Waals surface area contributed by atoms with Gasteiger partial charge < -0.3 is 14.2 Å². The summed E-state index contributed by atoms with van der Waals surface area (Å²) in [5, 5.41) is 0. The van der Waals surface area contributed by atoms with Crippen molar-refractivity contribution in [3.8, 4) is 0 Å². The largest absolute Gasteiger partial charge is 0.454 e. The van der Waals surface area contributed by atoms with Crippen LogP contribution in [0.15, 0.2) is 27.4 Å². The molecule has 1 fully saturated rings. The summed E-state index contributed by atoms with van der Waals surface area (Å²) >= 11 is 0. The number of aromatic nitrogens is 1. The van der Waals surface area contributed by atoms with Crippen molar-refractivity contribution in [3.63, 3.8) is 0 Å². The first-order valence-electron chi connectivity index (χ1n) is 6.83. The van der Waals surface area contributed by atoms with Gasteiger partial charge in [0.15, 0.2) is 5.58 Å². The molecule has 1 saturated heterocycles. The van der Waals surface area contributed by atoms with Crippen molar-refractivity contribution >= 4 is 26.9 Å². The van der Waals surface area contributed by atoms with E-state index in [1.165, 1.54) is 0 Å². The van der Waals surface area contributed by atoms with Crippen LogP contribution < -0.4 is 14.9 Å². The van der Waals surface area contributed by atoms with Gasteiger partial charge in [0, 0.05) is 26.2 Å². The lowest BCUT2D eigenvalue weighted by Gasteiger charge is -2.33. The van der Waals surface area contributed by atoms with Gasteiger partial charge in [0.05, 0.1) is 11.9 Å². The van der Waals surface area contributed by atoms with Crippen LogP contribution in [0.2, 0.25) is 0 Å².